The van der Waals surface area contributed by atoms with Crippen LogP contribution in [0.5, 0.6) is 0 Å². The first kappa shape index (κ1) is 17.5. The van der Waals surface area contributed by atoms with Crippen LogP contribution in [0, 0.1) is 0 Å². The summed E-state index contributed by atoms with van der Waals surface area (Å²) >= 11 is 0. The van der Waals surface area contributed by atoms with Crippen molar-refractivity contribution in [2.45, 2.75) is 51.9 Å². The quantitative estimate of drug-likeness (QED) is 0.813. The maximum atomic E-state index is 12.8. The number of rotatable bonds is 5. The van der Waals surface area contributed by atoms with Crippen LogP contribution in [0.25, 0.3) is 0 Å². The van der Waals surface area contributed by atoms with Crippen LogP contribution in [0.15, 0.2) is 0 Å². The average molecular weight is 284 g/mol. The third-order valence-electron chi connectivity index (χ3n) is 2.70. The summed E-state index contributed by atoms with van der Waals surface area (Å²) in [5.74, 6) is -2.14. The molecule has 19 heavy (non-hydrogen) atoms. The summed E-state index contributed by atoms with van der Waals surface area (Å²) in [6.07, 6.45) is -4.52. The molecule has 0 saturated heterocycles. The largest absolute Gasteiger partial charge is 0.479 e. The molecule has 0 spiro atoms. The molecular weight excluding hydrogens is 265 g/mol. The number of hydrogen-bond donors (Lipinski definition) is 2. The van der Waals surface area contributed by atoms with Gasteiger partial charge in [-0.25, -0.2) is 9.59 Å². The number of hydrogen-bond acceptors (Lipinski definition) is 2. The number of nitrogens with one attached hydrogen (secondary N) is 1. The number of urea groups is 1. The molecule has 1 unspecified atom stereocenters. The minimum absolute atomic E-state index is 0.247. The molecule has 112 valence electrons. The second-order valence-corrected chi connectivity index (χ2v) is 4.65. The van der Waals surface area contributed by atoms with E-state index in [9.17, 15) is 22.8 Å². The monoisotopic (exact) mass is 284 g/mol. The number of aliphatic carboxylic acids is 1. The number of nitrogens with zero attached hydrogens (tertiary/aromatic N) is 1. The van der Waals surface area contributed by atoms with Gasteiger partial charge in [-0.1, -0.05) is 6.92 Å². The third kappa shape index (κ3) is 4.00. The van der Waals surface area contributed by atoms with E-state index in [2.05, 4.69) is 0 Å². The van der Waals surface area contributed by atoms with E-state index in [1.807, 2.05) is 0 Å². The van der Waals surface area contributed by atoms with Gasteiger partial charge in [0.1, 0.15) is 0 Å². The number of carbonyl (C=O) groups is 2. The Morgan fingerprint density at radius 3 is 2.05 bits per heavy atom. The molecule has 2 N–H and O–H groups in total. The minimum Gasteiger partial charge on any atom is -0.479 e. The first-order valence-electron chi connectivity index (χ1n) is 5.86. The summed E-state index contributed by atoms with van der Waals surface area (Å²) in [5, 5.41) is 10.3. The van der Waals surface area contributed by atoms with Gasteiger partial charge in [0.25, 0.3) is 0 Å². The van der Waals surface area contributed by atoms with Crippen LogP contribution in [0.3, 0.4) is 0 Å². The van der Waals surface area contributed by atoms with E-state index >= 15 is 0 Å². The van der Waals surface area contributed by atoms with Crippen molar-refractivity contribution in [3.63, 3.8) is 0 Å². The third-order valence-corrected chi connectivity index (χ3v) is 2.70. The zero-order valence-electron chi connectivity index (χ0n) is 11.3. The highest BCUT2D eigenvalue weighted by Gasteiger charge is 2.58. The van der Waals surface area contributed by atoms with Crippen LogP contribution >= 0.6 is 0 Å². The second-order valence-electron chi connectivity index (χ2n) is 4.65. The molecule has 2 amide bonds. The Bertz CT molecular complexity index is 345. The van der Waals surface area contributed by atoms with Crippen LogP contribution in [-0.2, 0) is 4.79 Å². The Morgan fingerprint density at radius 1 is 1.32 bits per heavy atom. The van der Waals surface area contributed by atoms with E-state index in [1.54, 1.807) is 26.1 Å². The number of alkyl halides is 3. The van der Waals surface area contributed by atoms with Crippen LogP contribution in [0.2, 0.25) is 0 Å². The van der Waals surface area contributed by atoms with E-state index in [0.29, 0.717) is 13.3 Å². The van der Waals surface area contributed by atoms with Gasteiger partial charge in [0.15, 0.2) is 0 Å². The van der Waals surface area contributed by atoms with Crippen LogP contribution in [-0.4, -0.2) is 46.3 Å². The van der Waals surface area contributed by atoms with E-state index < -0.39 is 23.7 Å². The fraction of sp³-hybridized carbons (Fsp3) is 0.818. The Labute approximate surface area is 109 Å². The number of carbonyl (C=O) groups excluding carboxylic acids is 1. The number of carboxylic acids is 1. The van der Waals surface area contributed by atoms with Gasteiger partial charge in [0, 0.05) is 12.6 Å². The first-order chi connectivity index (χ1) is 8.47. The maximum absolute atomic E-state index is 12.8. The highest BCUT2D eigenvalue weighted by molar-refractivity contribution is 5.86. The van der Waals surface area contributed by atoms with Gasteiger partial charge < -0.3 is 15.3 Å². The molecule has 0 aliphatic carbocycles. The van der Waals surface area contributed by atoms with E-state index in [1.165, 1.54) is 0 Å². The molecule has 0 bridgehead atoms. The van der Waals surface area contributed by atoms with Gasteiger partial charge in [0.05, 0.1) is 0 Å². The Hall–Kier alpha value is -1.47. The van der Waals surface area contributed by atoms with Crippen LogP contribution in [0.4, 0.5) is 18.0 Å². The van der Waals surface area contributed by atoms with Crippen LogP contribution in [0.1, 0.15) is 34.1 Å². The van der Waals surface area contributed by atoms with Gasteiger partial charge in [-0.2, -0.15) is 13.2 Å². The highest BCUT2D eigenvalue weighted by atomic mass is 19.4. The standard InChI is InChI=1S/C11H19F3N2O3/c1-5-6-16(7(2)3)9(19)15-10(4,8(17)18)11(12,13)14/h7H,5-6H2,1-4H3,(H,15,19)(H,17,18). The SMILES string of the molecule is CCCN(C(=O)NC(C)(C(=O)O)C(F)(F)F)C(C)C. The summed E-state index contributed by atoms with van der Waals surface area (Å²) in [5.41, 5.74) is -3.30. The van der Waals surface area contributed by atoms with Crippen molar-refractivity contribution < 1.29 is 27.9 Å². The van der Waals surface area contributed by atoms with Crippen molar-refractivity contribution in [1.29, 1.82) is 0 Å². The molecule has 0 aromatic carbocycles. The lowest BCUT2D eigenvalue weighted by atomic mass is 10.0. The van der Waals surface area contributed by atoms with Crippen LogP contribution < -0.4 is 5.32 Å². The van der Waals surface area contributed by atoms with Gasteiger partial charge in [-0.3, -0.25) is 0 Å². The highest BCUT2D eigenvalue weighted by Crippen LogP contribution is 2.30. The topological polar surface area (TPSA) is 69.6 Å². The predicted molar refractivity (Wildman–Crippen MR) is 62.8 cm³/mol. The van der Waals surface area contributed by atoms with Crippen molar-refractivity contribution in [2.75, 3.05) is 6.54 Å². The zero-order chi connectivity index (χ0) is 15.4. The number of halogens is 3. The molecular formula is C11H19F3N2O3. The molecule has 5 nitrogen and oxygen atoms in total. The Morgan fingerprint density at radius 2 is 1.79 bits per heavy atom. The van der Waals surface area contributed by atoms with Gasteiger partial charge in [-0.05, 0) is 27.2 Å². The molecule has 1 atom stereocenters. The zero-order valence-corrected chi connectivity index (χ0v) is 11.3. The van der Waals surface area contributed by atoms with E-state index in [-0.39, 0.29) is 12.6 Å². The first-order valence-corrected chi connectivity index (χ1v) is 5.86. The van der Waals surface area contributed by atoms with Crippen molar-refractivity contribution in [3.8, 4) is 0 Å². The summed E-state index contributed by atoms with van der Waals surface area (Å²) in [6, 6.07) is -1.37. The fourth-order valence-corrected chi connectivity index (χ4v) is 1.37. The number of amides is 2. The smallest absolute Gasteiger partial charge is 0.422 e. The van der Waals surface area contributed by atoms with Gasteiger partial charge >= 0.3 is 18.2 Å². The van der Waals surface area contributed by atoms with Crippen molar-refractivity contribution >= 4 is 12.0 Å². The average Bonchev–Trinajstić information content (AvgIpc) is 2.22. The Kier molecular flexibility index (Phi) is 5.64. The van der Waals surface area contributed by atoms with Crippen molar-refractivity contribution in [3.05, 3.63) is 0 Å². The molecule has 0 aliphatic rings. The Balaban J connectivity index is 5.16. The summed E-state index contributed by atoms with van der Waals surface area (Å²) in [7, 11) is 0. The second kappa shape index (κ2) is 6.12. The molecule has 0 saturated carbocycles. The van der Waals surface area contributed by atoms with Crippen molar-refractivity contribution in [1.82, 2.24) is 10.2 Å². The molecule has 0 radical (unpaired) electrons. The lowest BCUT2D eigenvalue weighted by Crippen LogP contribution is -2.64. The molecule has 0 heterocycles. The molecule has 0 aliphatic heterocycles. The minimum atomic E-state index is -5.08. The molecule has 0 rings (SSSR count). The van der Waals surface area contributed by atoms with Crippen molar-refractivity contribution in [2.24, 2.45) is 0 Å². The summed E-state index contributed by atoms with van der Waals surface area (Å²) in [6.45, 7) is 5.72. The molecule has 0 fully saturated rings. The van der Waals surface area contributed by atoms with Gasteiger partial charge in [0.2, 0.25) is 5.54 Å². The summed E-state index contributed by atoms with van der Waals surface area (Å²) in [4.78, 5) is 23.8. The fourth-order valence-electron chi connectivity index (χ4n) is 1.37. The molecule has 0 aromatic rings. The lowest BCUT2D eigenvalue weighted by molar-refractivity contribution is -0.203. The maximum Gasteiger partial charge on any atom is 0.422 e. The molecule has 0 aromatic heterocycles. The predicted octanol–water partition coefficient (Wildman–Crippen LogP) is 2.22. The molecule has 8 heteroatoms. The van der Waals surface area contributed by atoms with Gasteiger partial charge in [-0.15, -0.1) is 0 Å². The van der Waals surface area contributed by atoms with E-state index in [4.69, 9.17) is 5.11 Å². The van der Waals surface area contributed by atoms with E-state index in [0.717, 1.165) is 4.90 Å². The normalized spacial score (nSPS) is 14.9. The summed E-state index contributed by atoms with van der Waals surface area (Å²) < 4.78 is 38.3. The number of carboxylic acid groups (broad SMARTS) is 1. The lowest BCUT2D eigenvalue weighted by Gasteiger charge is -2.33.